The Labute approximate surface area is 122 Å². The zero-order valence-corrected chi connectivity index (χ0v) is 12.7. The maximum Gasteiger partial charge on any atom is 0.126 e. The van der Waals surface area contributed by atoms with Crippen molar-refractivity contribution in [1.82, 2.24) is 0 Å². The Morgan fingerprint density at radius 2 is 1.85 bits per heavy atom. The molecule has 0 bridgehead atoms. The molecule has 1 heterocycles. The van der Waals surface area contributed by atoms with Crippen LogP contribution in [0.2, 0.25) is 0 Å². The highest BCUT2D eigenvalue weighted by atomic mass is 16.5. The molecule has 1 aliphatic rings. The molecular formula is C17H28NO2+. The molecule has 3 nitrogen and oxygen atoms in total. The fourth-order valence-corrected chi connectivity index (χ4v) is 3.21. The van der Waals surface area contributed by atoms with E-state index < -0.39 is 0 Å². The van der Waals surface area contributed by atoms with Crippen molar-refractivity contribution in [3.63, 3.8) is 0 Å². The molecule has 0 radical (unpaired) electrons. The lowest BCUT2D eigenvalue weighted by Crippen LogP contribution is -3.20. The van der Waals surface area contributed by atoms with Gasteiger partial charge < -0.3 is 14.7 Å². The largest absolute Gasteiger partial charge is 0.385 e. The zero-order chi connectivity index (χ0) is 14.4. The van der Waals surface area contributed by atoms with Crippen LogP contribution < -0.4 is 4.90 Å². The number of benzene rings is 1. The molecule has 0 aromatic heterocycles. The van der Waals surface area contributed by atoms with Gasteiger partial charge in [-0.05, 0) is 38.7 Å². The maximum atomic E-state index is 10.2. The van der Waals surface area contributed by atoms with Crippen molar-refractivity contribution in [1.29, 1.82) is 0 Å². The van der Waals surface area contributed by atoms with Crippen molar-refractivity contribution in [3.8, 4) is 0 Å². The van der Waals surface area contributed by atoms with Crippen molar-refractivity contribution in [2.45, 2.75) is 57.9 Å². The van der Waals surface area contributed by atoms with Crippen LogP contribution in [0, 0.1) is 0 Å². The Morgan fingerprint density at radius 3 is 2.50 bits per heavy atom. The lowest BCUT2D eigenvalue weighted by molar-refractivity contribution is -0.954. The summed E-state index contributed by atoms with van der Waals surface area (Å²) >= 11 is 0. The summed E-state index contributed by atoms with van der Waals surface area (Å²) in [5.41, 5.74) is 1.16. The fraction of sp³-hybridized carbons (Fsp3) is 0.647. The highest BCUT2D eigenvalue weighted by Gasteiger charge is 2.30. The molecule has 1 saturated heterocycles. The molecule has 1 fully saturated rings. The van der Waals surface area contributed by atoms with Crippen LogP contribution in [0.4, 0.5) is 0 Å². The summed E-state index contributed by atoms with van der Waals surface area (Å²) in [4.78, 5) is 1.53. The number of hydrogen-bond acceptors (Lipinski definition) is 2. The van der Waals surface area contributed by atoms with Gasteiger partial charge in [0.2, 0.25) is 0 Å². The van der Waals surface area contributed by atoms with Gasteiger partial charge in [-0.1, -0.05) is 30.3 Å². The molecule has 3 atom stereocenters. The van der Waals surface area contributed by atoms with Crippen LogP contribution >= 0.6 is 0 Å². The summed E-state index contributed by atoms with van der Waals surface area (Å²) in [5, 5.41) is 10.2. The standard InChI is InChI=1S/C17H27NO2/c1-14-7-6-8-15(2)18(14)11-17(19)13-20-12-16-9-4-3-5-10-16/h3-5,9-10,14-15,17,19H,6-8,11-13H2,1-2H3/p+1/t14-,15-,17+/m1/s1. The summed E-state index contributed by atoms with van der Waals surface area (Å²) in [6.07, 6.45) is 3.51. The molecule has 0 saturated carbocycles. The lowest BCUT2D eigenvalue weighted by Gasteiger charge is -2.36. The average molecular weight is 278 g/mol. The Hall–Kier alpha value is -0.900. The molecule has 0 aliphatic carbocycles. The van der Waals surface area contributed by atoms with Gasteiger partial charge in [-0.2, -0.15) is 0 Å². The molecule has 1 aromatic rings. The van der Waals surface area contributed by atoms with Crippen molar-refractivity contribution < 1.29 is 14.7 Å². The topological polar surface area (TPSA) is 33.9 Å². The number of rotatable bonds is 6. The van der Waals surface area contributed by atoms with E-state index in [1.807, 2.05) is 30.3 Å². The minimum atomic E-state index is -0.364. The first-order valence-corrected chi connectivity index (χ1v) is 7.82. The molecule has 112 valence electrons. The Morgan fingerprint density at radius 1 is 1.20 bits per heavy atom. The number of quaternary nitrogens is 1. The monoisotopic (exact) mass is 278 g/mol. The molecule has 1 aromatic carbocycles. The van der Waals surface area contributed by atoms with Crippen LogP contribution in [-0.2, 0) is 11.3 Å². The number of nitrogens with one attached hydrogen (secondary N) is 1. The molecular weight excluding hydrogens is 250 g/mol. The predicted octanol–water partition coefficient (Wildman–Crippen LogP) is 1.41. The van der Waals surface area contributed by atoms with E-state index in [0.29, 0.717) is 25.3 Å². The summed E-state index contributed by atoms with van der Waals surface area (Å²) in [6.45, 7) is 6.40. The van der Waals surface area contributed by atoms with Crippen LogP contribution in [-0.4, -0.2) is 36.4 Å². The number of ether oxygens (including phenoxy) is 1. The summed E-state index contributed by atoms with van der Waals surface area (Å²) < 4.78 is 5.63. The quantitative estimate of drug-likeness (QED) is 0.825. The second kappa shape index (κ2) is 7.77. The van der Waals surface area contributed by atoms with Crippen molar-refractivity contribution >= 4 is 0 Å². The Bertz CT molecular complexity index is 372. The van der Waals surface area contributed by atoms with E-state index in [0.717, 1.165) is 12.1 Å². The van der Waals surface area contributed by atoms with Gasteiger partial charge in [0.25, 0.3) is 0 Å². The first kappa shape index (κ1) is 15.5. The lowest BCUT2D eigenvalue weighted by atomic mass is 9.97. The van der Waals surface area contributed by atoms with E-state index in [1.54, 1.807) is 0 Å². The number of likely N-dealkylation sites (tertiary alicyclic amines) is 1. The van der Waals surface area contributed by atoms with E-state index in [-0.39, 0.29) is 6.10 Å². The highest BCUT2D eigenvalue weighted by molar-refractivity contribution is 5.13. The molecule has 0 unspecified atom stereocenters. The van der Waals surface area contributed by atoms with Crippen LogP contribution in [0.25, 0.3) is 0 Å². The minimum Gasteiger partial charge on any atom is -0.385 e. The number of piperidine rings is 1. The summed E-state index contributed by atoms with van der Waals surface area (Å²) in [7, 11) is 0. The summed E-state index contributed by atoms with van der Waals surface area (Å²) in [5.74, 6) is 0. The third-order valence-corrected chi connectivity index (χ3v) is 4.43. The smallest absolute Gasteiger partial charge is 0.126 e. The van der Waals surface area contributed by atoms with Crippen LogP contribution in [0.15, 0.2) is 30.3 Å². The van der Waals surface area contributed by atoms with Crippen molar-refractivity contribution in [2.24, 2.45) is 0 Å². The van der Waals surface area contributed by atoms with E-state index in [1.165, 1.54) is 24.2 Å². The van der Waals surface area contributed by atoms with Gasteiger partial charge in [0, 0.05) is 0 Å². The van der Waals surface area contributed by atoms with E-state index >= 15 is 0 Å². The van der Waals surface area contributed by atoms with Gasteiger partial charge in [0.15, 0.2) is 0 Å². The number of hydrogen-bond donors (Lipinski definition) is 2. The molecule has 20 heavy (non-hydrogen) atoms. The average Bonchev–Trinajstić information content (AvgIpc) is 2.44. The van der Waals surface area contributed by atoms with E-state index in [9.17, 15) is 5.11 Å². The molecule has 0 spiro atoms. The predicted molar refractivity (Wildman–Crippen MR) is 80.7 cm³/mol. The molecule has 2 N–H and O–H groups in total. The number of aliphatic hydroxyl groups excluding tert-OH is 1. The van der Waals surface area contributed by atoms with Crippen molar-refractivity contribution in [2.75, 3.05) is 13.2 Å². The second-order valence-electron chi connectivity index (χ2n) is 6.17. The molecule has 3 heteroatoms. The first-order chi connectivity index (χ1) is 9.66. The first-order valence-electron chi connectivity index (χ1n) is 7.82. The molecule has 0 amide bonds. The summed E-state index contributed by atoms with van der Waals surface area (Å²) in [6, 6.07) is 11.4. The van der Waals surface area contributed by atoms with Gasteiger partial charge >= 0.3 is 0 Å². The van der Waals surface area contributed by atoms with Crippen LogP contribution in [0.3, 0.4) is 0 Å². The van der Waals surface area contributed by atoms with Gasteiger partial charge in [-0.15, -0.1) is 0 Å². The van der Waals surface area contributed by atoms with Gasteiger partial charge in [-0.25, -0.2) is 0 Å². The zero-order valence-electron chi connectivity index (χ0n) is 12.7. The SMILES string of the molecule is C[C@@H]1CCC[C@@H](C)[NH+]1C[C@H](O)COCc1ccccc1. The fourth-order valence-electron chi connectivity index (χ4n) is 3.21. The maximum absolute atomic E-state index is 10.2. The van der Waals surface area contributed by atoms with E-state index in [4.69, 9.17) is 4.74 Å². The highest BCUT2D eigenvalue weighted by Crippen LogP contribution is 2.07. The Balaban J connectivity index is 1.70. The van der Waals surface area contributed by atoms with Gasteiger partial charge in [-0.3, -0.25) is 0 Å². The third-order valence-electron chi connectivity index (χ3n) is 4.43. The third kappa shape index (κ3) is 4.58. The molecule has 1 aliphatic heterocycles. The number of aliphatic hydroxyl groups is 1. The van der Waals surface area contributed by atoms with Gasteiger partial charge in [0.1, 0.15) is 12.6 Å². The van der Waals surface area contributed by atoms with Crippen molar-refractivity contribution in [3.05, 3.63) is 35.9 Å². The van der Waals surface area contributed by atoms with Crippen LogP contribution in [0.5, 0.6) is 0 Å². The Kier molecular flexibility index (Phi) is 6.02. The van der Waals surface area contributed by atoms with Crippen LogP contribution in [0.1, 0.15) is 38.7 Å². The van der Waals surface area contributed by atoms with Gasteiger partial charge in [0.05, 0.1) is 25.3 Å². The minimum absolute atomic E-state index is 0.364. The normalized spacial score (nSPS) is 25.6. The van der Waals surface area contributed by atoms with E-state index in [2.05, 4.69) is 13.8 Å². The molecule has 2 rings (SSSR count). The second-order valence-corrected chi connectivity index (χ2v) is 6.17.